The summed E-state index contributed by atoms with van der Waals surface area (Å²) in [5.41, 5.74) is 1.32. The van der Waals surface area contributed by atoms with Crippen LogP contribution in [0, 0.1) is 5.92 Å². The third-order valence-electron chi connectivity index (χ3n) is 1.86. The van der Waals surface area contributed by atoms with Crippen molar-refractivity contribution >= 4 is 0 Å². The van der Waals surface area contributed by atoms with Crippen molar-refractivity contribution in [2.24, 2.45) is 5.92 Å². The molecule has 1 heteroatoms. The molecular formula is C12H23N. The first kappa shape index (κ1) is 12.3. The second-order valence-electron chi connectivity index (χ2n) is 3.82. The Hall–Kier alpha value is -0.720. The molecule has 13 heavy (non-hydrogen) atoms. The summed E-state index contributed by atoms with van der Waals surface area (Å²) in [6.07, 6.45) is 8.90. The lowest BCUT2D eigenvalue weighted by molar-refractivity contribution is 0.619. The molecule has 0 atom stereocenters. The van der Waals surface area contributed by atoms with Gasteiger partial charge in [-0.2, -0.15) is 0 Å². The number of rotatable bonds is 7. The summed E-state index contributed by atoms with van der Waals surface area (Å²) in [7, 11) is 0. The van der Waals surface area contributed by atoms with E-state index in [0.29, 0.717) is 5.92 Å². The molecule has 0 fully saturated rings. The zero-order valence-electron chi connectivity index (χ0n) is 9.27. The van der Waals surface area contributed by atoms with E-state index in [1.165, 1.54) is 25.0 Å². The van der Waals surface area contributed by atoms with Gasteiger partial charge in [0.2, 0.25) is 0 Å². The molecule has 0 saturated heterocycles. The summed E-state index contributed by atoms with van der Waals surface area (Å²) < 4.78 is 0. The van der Waals surface area contributed by atoms with Crippen LogP contribution >= 0.6 is 0 Å². The average molecular weight is 181 g/mol. The van der Waals surface area contributed by atoms with Gasteiger partial charge in [0.15, 0.2) is 0 Å². The second kappa shape index (κ2) is 7.90. The van der Waals surface area contributed by atoms with Crippen LogP contribution in [0.5, 0.6) is 0 Å². The van der Waals surface area contributed by atoms with Gasteiger partial charge >= 0.3 is 0 Å². The Morgan fingerprint density at radius 1 is 1.46 bits per heavy atom. The highest BCUT2D eigenvalue weighted by Crippen LogP contribution is 2.09. The van der Waals surface area contributed by atoms with Gasteiger partial charge in [0.25, 0.3) is 0 Å². The van der Waals surface area contributed by atoms with Gasteiger partial charge in [-0.3, -0.25) is 0 Å². The quantitative estimate of drug-likeness (QED) is 0.588. The van der Waals surface area contributed by atoms with E-state index in [2.05, 4.69) is 38.7 Å². The minimum atomic E-state index is 0.709. The van der Waals surface area contributed by atoms with Gasteiger partial charge in [0.1, 0.15) is 0 Å². The summed E-state index contributed by atoms with van der Waals surface area (Å²) in [5, 5.41) is 3.20. The summed E-state index contributed by atoms with van der Waals surface area (Å²) in [6, 6.07) is 0. The van der Waals surface area contributed by atoms with Crippen LogP contribution in [0.1, 0.15) is 46.5 Å². The van der Waals surface area contributed by atoms with Gasteiger partial charge in [0.05, 0.1) is 0 Å². The average Bonchev–Trinajstić information content (AvgIpc) is 2.04. The van der Waals surface area contributed by atoms with E-state index in [1.807, 2.05) is 0 Å². The molecular weight excluding hydrogens is 158 g/mol. The molecule has 0 spiro atoms. The first-order chi connectivity index (χ1) is 6.20. The van der Waals surface area contributed by atoms with E-state index in [0.717, 1.165) is 6.42 Å². The maximum absolute atomic E-state index is 3.68. The van der Waals surface area contributed by atoms with Crippen LogP contribution in [-0.2, 0) is 0 Å². The highest BCUT2D eigenvalue weighted by Gasteiger charge is 1.98. The van der Waals surface area contributed by atoms with E-state index in [-0.39, 0.29) is 0 Å². The number of unbranched alkanes of at least 4 members (excludes halogenated alkanes) is 2. The molecule has 1 N–H and O–H groups in total. The minimum absolute atomic E-state index is 0.709. The molecule has 0 aliphatic heterocycles. The third kappa shape index (κ3) is 7.63. The zero-order chi connectivity index (χ0) is 10.1. The molecule has 76 valence electrons. The molecule has 1 nitrogen and oxygen atoms in total. The Kier molecular flexibility index (Phi) is 7.47. The maximum atomic E-state index is 3.68. The van der Waals surface area contributed by atoms with E-state index in [9.17, 15) is 0 Å². The third-order valence-corrected chi connectivity index (χ3v) is 1.86. The predicted octanol–water partition coefficient (Wildman–Crippen LogP) is 3.84. The van der Waals surface area contributed by atoms with Crippen LogP contribution in [0.4, 0.5) is 0 Å². The first-order valence-corrected chi connectivity index (χ1v) is 5.27. The zero-order valence-corrected chi connectivity index (χ0v) is 9.27. The van der Waals surface area contributed by atoms with Gasteiger partial charge < -0.3 is 5.32 Å². The molecule has 0 unspecified atom stereocenters. The van der Waals surface area contributed by atoms with Crippen LogP contribution in [0.15, 0.2) is 24.6 Å². The second-order valence-corrected chi connectivity index (χ2v) is 3.82. The maximum Gasteiger partial charge on any atom is 0.0108 e. The van der Waals surface area contributed by atoms with Crippen LogP contribution < -0.4 is 5.32 Å². The highest BCUT2D eigenvalue weighted by atomic mass is 14.8. The molecule has 0 aliphatic carbocycles. The Bertz CT molecular complexity index is 157. The van der Waals surface area contributed by atoms with Crippen molar-refractivity contribution < 1.29 is 0 Å². The van der Waals surface area contributed by atoms with Crippen molar-refractivity contribution in [3.05, 3.63) is 24.6 Å². The molecule has 0 radical (unpaired) electrons. The van der Waals surface area contributed by atoms with Crippen molar-refractivity contribution in [2.45, 2.75) is 46.5 Å². The Balaban J connectivity index is 3.90. The molecule has 0 rings (SSSR count). The fraction of sp³-hybridized carbons (Fsp3) is 0.667. The Labute approximate surface area is 82.9 Å². The molecule has 0 aromatic carbocycles. The molecule has 0 heterocycles. The normalized spacial score (nSPS) is 11.8. The smallest absolute Gasteiger partial charge is 0.0108 e. The Morgan fingerprint density at radius 2 is 2.15 bits per heavy atom. The lowest BCUT2D eigenvalue weighted by atomic mass is 10.1. The van der Waals surface area contributed by atoms with E-state index in [4.69, 9.17) is 0 Å². The van der Waals surface area contributed by atoms with Crippen LogP contribution in [-0.4, -0.2) is 0 Å². The van der Waals surface area contributed by atoms with Crippen molar-refractivity contribution in [3.63, 3.8) is 0 Å². The summed E-state index contributed by atoms with van der Waals surface area (Å²) in [6.45, 7) is 10.4. The SMILES string of the molecule is C=CN/C(=C\CCCC)CC(C)C. The summed E-state index contributed by atoms with van der Waals surface area (Å²) in [5.74, 6) is 0.709. The lowest BCUT2D eigenvalue weighted by Gasteiger charge is -2.09. The molecule has 0 aliphatic rings. The topological polar surface area (TPSA) is 12.0 Å². The van der Waals surface area contributed by atoms with E-state index in [1.54, 1.807) is 6.20 Å². The predicted molar refractivity (Wildman–Crippen MR) is 60.4 cm³/mol. The Morgan fingerprint density at radius 3 is 2.62 bits per heavy atom. The van der Waals surface area contributed by atoms with Crippen molar-refractivity contribution in [1.29, 1.82) is 0 Å². The number of hydrogen-bond acceptors (Lipinski definition) is 1. The number of nitrogens with one attached hydrogen (secondary N) is 1. The summed E-state index contributed by atoms with van der Waals surface area (Å²) in [4.78, 5) is 0. The van der Waals surface area contributed by atoms with E-state index >= 15 is 0 Å². The molecule has 0 saturated carbocycles. The molecule has 0 bridgehead atoms. The number of hydrogen-bond donors (Lipinski definition) is 1. The van der Waals surface area contributed by atoms with Crippen LogP contribution in [0.3, 0.4) is 0 Å². The van der Waals surface area contributed by atoms with Gasteiger partial charge in [0, 0.05) is 5.70 Å². The minimum Gasteiger partial charge on any atom is -0.366 e. The standard InChI is InChI=1S/C12H23N/c1-5-7-8-9-12(13-6-2)10-11(3)4/h6,9,11,13H,2,5,7-8,10H2,1,3-4H3/b12-9-. The fourth-order valence-electron chi connectivity index (χ4n) is 1.25. The lowest BCUT2D eigenvalue weighted by Crippen LogP contribution is -2.07. The molecule has 0 amide bonds. The van der Waals surface area contributed by atoms with E-state index < -0.39 is 0 Å². The van der Waals surface area contributed by atoms with Gasteiger partial charge in [-0.05, 0) is 25.0 Å². The van der Waals surface area contributed by atoms with Gasteiger partial charge in [-0.1, -0.05) is 46.3 Å². The van der Waals surface area contributed by atoms with Crippen LogP contribution in [0.2, 0.25) is 0 Å². The van der Waals surface area contributed by atoms with Crippen molar-refractivity contribution in [2.75, 3.05) is 0 Å². The largest absolute Gasteiger partial charge is 0.366 e. The monoisotopic (exact) mass is 181 g/mol. The summed E-state index contributed by atoms with van der Waals surface area (Å²) >= 11 is 0. The molecule has 0 aromatic rings. The van der Waals surface area contributed by atoms with Gasteiger partial charge in [-0.25, -0.2) is 0 Å². The number of allylic oxidation sites excluding steroid dienone is 2. The van der Waals surface area contributed by atoms with Crippen LogP contribution in [0.25, 0.3) is 0 Å². The highest BCUT2D eigenvalue weighted by molar-refractivity contribution is 5.02. The first-order valence-electron chi connectivity index (χ1n) is 5.27. The fourth-order valence-corrected chi connectivity index (χ4v) is 1.25. The van der Waals surface area contributed by atoms with Crippen molar-refractivity contribution in [3.8, 4) is 0 Å². The molecule has 0 aromatic heterocycles. The van der Waals surface area contributed by atoms with Crippen molar-refractivity contribution in [1.82, 2.24) is 5.32 Å². The van der Waals surface area contributed by atoms with Gasteiger partial charge in [-0.15, -0.1) is 0 Å².